The van der Waals surface area contributed by atoms with Crippen LogP contribution in [0.15, 0.2) is 18.2 Å². The van der Waals surface area contributed by atoms with Gasteiger partial charge in [0.1, 0.15) is 0 Å². The van der Waals surface area contributed by atoms with E-state index in [1.165, 1.54) is 18.2 Å². The van der Waals surface area contributed by atoms with Crippen molar-refractivity contribution in [3.63, 3.8) is 0 Å². The predicted octanol–water partition coefficient (Wildman–Crippen LogP) is 2.14. The fourth-order valence-electron chi connectivity index (χ4n) is 1.37. The zero-order valence-corrected chi connectivity index (χ0v) is 8.91. The SMILES string of the molecule is COC(=O)C(O)c1cc(C)ccc1C(F)F. The molecule has 0 aliphatic heterocycles. The van der Waals surface area contributed by atoms with Crippen LogP contribution in [0.1, 0.15) is 29.2 Å². The number of esters is 1. The number of aryl methyl sites for hydroxylation is 1. The van der Waals surface area contributed by atoms with Crippen LogP contribution in [0.4, 0.5) is 8.78 Å². The van der Waals surface area contributed by atoms with Gasteiger partial charge in [-0.15, -0.1) is 0 Å². The highest BCUT2D eigenvalue weighted by Crippen LogP contribution is 2.28. The van der Waals surface area contributed by atoms with Crippen LogP contribution in [0.3, 0.4) is 0 Å². The normalized spacial score (nSPS) is 12.6. The molecule has 5 heteroatoms. The smallest absolute Gasteiger partial charge is 0.339 e. The third kappa shape index (κ3) is 2.55. The summed E-state index contributed by atoms with van der Waals surface area (Å²) in [6.07, 6.45) is -4.41. The van der Waals surface area contributed by atoms with Crippen molar-refractivity contribution in [1.82, 2.24) is 0 Å². The summed E-state index contributed by atoms with van der Waals surface area (Å²) in [4.78, 5) is 11.1. The lowest BCUT2D eigenvalue weighted by atomic mass is 10.00. The summed E-state index contributed by atoms with van der Waals surface area (Å²) in [6, 6.07) is 4.04. The maximum absolute atomic E-state index is 12.6. The molecule has 0 aliphatic carbocycles. The molecule has 0 aliphatic rings. The minimum Gasteiger partial charge on any atom is -0.467 e. The van der Waals surface area contributed by atoms with Gasteiger partial charge >= 0.3 is 5.97 Å². The second-order valence-corrected chi connectivity index (χ2v) is 3.36. The second kappa shape index (κ2) is 5.03. The van der Waals surface area contributed by atoms with Crippen LogP contribution in [0, 0.1) is 6.92 Å². The fraction of sp³-hybridized carbons (Fsp3) is 0.364. The molecule has 16 heavy (non-hydrogen) atoms. The Hall–Kier alpha value is -1.49. The van der Waals surface area contributed by atoms with E-state index in [4.69, 9.17) is 0 Å². The Balaban J connectivity index is 3.19. The summed E-state index contributed by atoms with van der Waals surface area (Å²) >= 11 is 0. The van der Waals surface area contributed by atoms with Crippen molar-refractivity contribution in [2.75, 3.05) is 7.11 Å². The summed E-state index contributed by atoms with van der Waals surface area (Å²) in [6.45, 7) is 1.68. The van der Waals surface area contributed by atoms with E-state index >= 15 is 0 Å². The van der Waals surface area contributed by atoms with Gasteiger partial charge in [-0.1, -0.05) is 23.8 Å². The van der Waals surface area contributed by atoms with E-state index in [9.17, 15) is 18.7 Å². The number of hydrogen-bond acceptors (Lipinski definition) is 3. The van der Waals surface area contributed by atoms with Crippen LogP contribution in [0.25, 0.3) is 0 Å². The molecule has 0 heterocycles. The van der Waals surface area contributed by atoms with E-state index in [-0.39, 0.29) is 11.1 Å². The number of carbonyl (C=O) groups is 1. The number of methoxy groups -OCH3 is 1. The van der Waals surface area contributed by atoms with Crippen molar-refractivity contribution in [2.24, 2.45) is 0 Å². The molecule has 1 aromatic carbocycles. The molecule has 0 aromatic heterocycles. The van der Waals surface area contributed by atoms with E-state index in [1.807, 2.05) is 0 Å². The van der Waals surface area contributed by atoms with Crippen LogP contribution in [0.5, 0.6) is 0 Å². The molecular formula is C11H12F2O3. The zero-order valence-electron chi connectivity index (χ0n) is 8.91. The van der Waals surface area contributed by atoms with Gasteiger partial charge in [-0.3, -0.25) is 0 Å². The number of halogens is 2. The maximum Gasteiger partial charge on any atom is 0.339 e. The van der Waals surface area contributed by atoms with Crippen LogP contribution in [-0.2, 0) is 9.53 Å². The Morgan fingerprint density at radius 2 is 2.00 bits per heavy atom. The minimum absolute atomic E-state index is 0.109. The molecular weight excluding hydrogens is 218 g/mol. The van der Waals surface area contributed by atoms with E-state index in [2.05, 4.69) is 4.74 Å². The standard InChI is InChI=1S/C11H12F2O3/c1-6-3-4-7(10(12)13)8(5-6)9(14)11(15)16-2/h3-5,9-10,14H,1-2H3. The number of hydrogen-bond donors (Lipinski definition) is 1. The van der Waals surface area contributed by atoms with Crippen LogP contribution in [-0.4, -0.2) is 18.2 Å². The average Bonchev–Trinajstić information content (AvgIpc) is 2.26. The Morgan fingerprint density at radius 1 is 1.38 bits per heavy atom. The zero-order chi connectivity index (χ0) is 12.3. The van der Waals surface area contributed by atoms with Gasteiger partial charge in [0, 0.05) is 11.1 Å². The molecule has 0 bridgehead atoms. The maximum atomic E-state index is 12.6. The van der Waals surface area contributed by atoms with Crippen molar-refractivity contribution < 1.29 is 23.4 Å². The second-order valence-electron chi connectivity index (χ2n) is 3.36. The Kier molecular flexibility index (Phi) is 3.95. The Labute approximate surface area is 91.7 Å². The number of aliphatic hydroxyl groups excluding tert-OH is 1. The van der Waals surface area contributed by atoms with Gasteiger partial charge < -0.3 is 9.84 Å². The van der Waals surface area contributed by atoms with Crippen LogP contribution >= 0.6 is 0 Å². The molecule has 0 amide bonds. The Morgan fingerprint density at radius 3 is 2.50 bits per heavy atom. The van der Waals surface area contributed by atoms with Gasteiger partial charge in [0.2, 0.25) is 0 Å². The first-order valence-corrected chi connectivity index (χ1v) is 4.62. The van der Waals surface area contributed by atoms with Gasteiger partial charge in [0.15, 0.2) is 6.10 Å². The monoisotopic (exact) mass is 230 g/mol. The average molecular weight is 230 g/mol. The third-order valence-corrected chi connectivity index (χ3v) is 2.20. The molecule has 0 spiro atoms. The number of benzene rings is 1. The summed E-state index contributed by atoms with van der Waals surface area (Å²) in [5.41, 5.74) is 0.215. The molecule has 1 aromatic rings. The molecule has 0 fully saturated rings. The first-order chi connectivity index (χ1) is 7.47. The van der Waals surface area contributed by atoms with Crippen LogP contribution < -0.4 is 0 Å². The minimum atomic E-state index is -2.74. The number of ether oxygens (including phenoxy) is 1. The molecule has 0 saturated heterocycles. The topological polar surface area (TPSA) is 46.5 Å². The van der Waals surface area contributed by atoms with Crippen molar-refractivity contribution in [1.29, 1.82) is 0 Å². The molecule has 88 valence electrons. The lowest BCUT2D eigenvalue weighted by Gasteiger charge is -2.14. The fourth-order valence-corrected chi connectivity index (χ4v) is 1.37. The third-order valence-electron chi connectivity index (χ3n) is 2.20. The van der Waals surface area contributed by atoms with Crippen molar-refractivity contribution >= 4 is 5.97 Å². The van der Waals surface area contributed by atoms with Gasteiger partial charge in [-0.25, -0.2) is 13.6 Å². The number of aliphatic hydroxyl groups is 1. The molecule has 1 atom stereocenters. The van der Waals surface area contributed by atoms with Gasteiger partial charge in [0.25, 0.3) is 6.43 Å². The molecule has 3 nitrogen and oxygen atoms in total. The number of alkyl halides is 2. The van der Waals surface area contributed by atoms with E-state index < -0.39 is 18.5 Å². The highest BCUT2D eigenvalue weighted by atomic mass is 19.3. The highest BCUT2D eigenvalue weighted by molar-refractivity contribution is 5.76. The van der Waals surface area contributed by atoms with Crippen molar-refractivity contribution in [3.8, 4) is 0 Å². The summed E-state index contributed by atoms with van der Waals surface area (Å²) < 4.78 is 29.6. The molecule has 0 saturated carbocycles. The van der Waals surface area contributed by atoms with E-state index in [1.54, 1.807) is 6.92 Å². The summed E-state index contributed by atoms with van der Waals surface area (Å²) in [5.74, 6) is -0.951. The predicted molar refractivity (Wildman–Crippen MR) is 53.1 cm³/mol. The first-order valence-electron chi connectivity index (χ1n) is 4.62. The van der Waals surface area contributed by atoms with Crippen LogP contribution in [0.2, 0.25) is 0 Å². The van der Waals surface area contributed by atoms with E-state index in [0.717, 1.165) is 7.11 Å². The first kappa shape index (κ1) is 12.6. The number of rotatable bonds is 3. The number of carbonyl (C=O) groups excluding carboxylic acids is 1. The van der Waals surface area contributed by atoms with Gasteiger partial charge in [-0.2, -0.15) is 0 Å². The Bertz CT molecular complexity index is 391. The lowest BCUT2D eigenvalue weighted by molar-refractivity contribution is -0.150. The molecule has 1 N–H and O–H groups in total. The molecule has 1 unspecified atom stereocenters. The quantitative estimate of drug-likeness (QED) is 0.809. The summed E-state index contributed by atoms with van der Waals surface area (Å²) in [5, 5.41) is 9.54. The lowest BCUT2D eigenvalue weighted by Crippen LogP contribution is -2.15. The van der Waals surface area contributed by atoms with Gasteiger partial charge in [0.05, 0.1) is 7.11 Å². The van der Waals surface area contributed by atoms with E-state index in [0.29, 0.717) is 5.56 Å². The van der Waals surface area contributed by atoms with Crippen molar-refractivity contribution in [2.45, 2.75) is 19.5 Å². The highest BCUT2D eigenvalue weighted by Gasteiger charge is 2.24. The van der Waals surface area contributed by atoms with Gasteiger partial charge in [-0.05, 0) is 6.92 Å². The largest absolute Gasteiger partial charge is 0.467 e. The van der Waals surface area contributed by atoms with Crippen molar-refractivity contribution in [3.05, 3.63) is 34.9 Å². The summed E-state index contributed by atoms with van der Waals surface area (Å²) in [7, 11) is 1.09. The molecule has 1 rings (SSSR count). The molecule has 0 radical (unpaired) electrons.